The van der Waals surface area contributed by atoms with Crippen LogP contribution in [0.15, 0.2) is 24.3 Å². The van der Waals surface area contributed by atoms with Crippen LogP contribution in [0.3, 0.4) is 0 Å². The molecule has 3 heterocycles. The molecule has 2 atom stereocenters. The summed E-state index contributed by atoms with van der Waals surface area (Å²) in [5.74, 6) is 0.954. The summed E-state index contributed by atoms with van der Waals surface area (Å²) in [6.45, 7) is 11.9. The fourth-order valence-corrected chi connectivity index (χ4v) is 5.52. The zero-order chi connectivity index (χ0) is 19.1. The van der Waals surface area contributed by atoms with Gasteiger partial charge in [0.15, 0.2) is 0 Å². The molecule has 2 bridgehead atoms. The summed E-state index contributed by atoms with van der Waals surface area (Å²) in [5, 5.41) is 13.1. The summed E-state index contributed by atoms with van der Waals surface area (Å²) in [4.78, 5) is 2.67. The molecule has 1 aromatic rings. The highest BCUT2D eigenvalue weighted by atomic mass is 16.5. The van der Waals surface area contributed by atoms with Gasteiger partial charge in [-0.15, -0.1) is 0 Å². The van der Waals surface area contributed by atoms with Crippen molar-refractivity contribution < 1.29 is 4.74 Å². The molecule has 1 aromatic carbocycles. The van der Waals surface area contributed by atoms with Crippen LogP contribution in [0.1, 0.15) is 52.0 Å². The third-order valence-electron chi connectivity index (χ3n) is 7.14. The van der Waals surface area contributed by atoms with Crippen LogP contribution in [0.25, 0.3) is 0 Å². The number of nitrogens with one attached hydrogen (secondary N) is 1. The summed E-state index contributed by atoms with van der Waals surface area (Å²) < 4.78 is 5.66. The summed E-state index contributed by atoms with van der Waals surface area (Å²) >= 11 is 0. The SMILES string of the molecule is CCOc1ccc([C@]23CN[C@H](CN(CC4(CC#N)CC4)C2)C(C)(C)C3)cc1. The number of hydrogen-bond donors (Lipinski definition) is 1. The van der Waals surface area contributed by atoms with Crippen LogP contribution in [0, 0.1) is 22.2 Å². The lowest BCUT2D eigenvalue weighted by molar-refractivity contribution is 0.138. The highest BCUT2D eigenvalue weighted by Gasteiger charge is 2.52. The number of nitriles is 1. The Bertz CT molecular complexity index is 716. The molecule has 4 nitrogen and oxygen atoms in total. The van der Waals surface area contributed by atoms with Crippen molar-refractivity contribution >= 4 is 0 Å². The van der Waals surface area contributed by atoms with Gasteiger partial charge in [-0.1, -0.05) is 26.0 Å². The van der Waals surface area contributed by atoms with Gasteiger partial charge in [-0.3, -0.25) is 0 Å². The van der Waals surface area contributed by atoms with E-state index in [0.29, 0.717) is 19.1 Å². The van der Waals surface area contributed by atoms with Gasteiger partial charge in [0.2, 0.25) is 0 Å². The lowest BCUT2D eigenvalue weighted by atomic mass is 9.64. The Morgan fingerprint density at radius 1 is 1.26 bits per heavy atom. The summed E-state index contributed by atoms with van der Waals surface area (Å²) in [6.07, 6.45) is 4.34. The molecule has 27 heavy (non-hydrogen) atoms. The van der Waals surface area contributed by atoms with E-state index in [1.165, 1.54) is 24.8 Å². The predicted molar refractivity (Wildman–Crippen MR) is 108 cm³/mol. The molecule has 1 saturated carbocycles. The molecule has 3 saturated heterocycles. The smallest absolute Gasteiger partial charge is 0.119 e. The molecule has 5 rings (SSSR count). The topological polar surface area (TPSA) is 48.3 Å². The molecule has 146 valence electrons. The van der Waals surface area contributed by atoms with E-state index in [1.807, 2.05) is 6.92 Å². The van der Waals surface area contributed by atoms with E-state index in [9.17, 15) is 5.26 Å². The minimum absolute atomic E-state index is 0.129. The Hall–Kier alpha value is -1.57. The second-order valence-electron chi connectivity index (χ2n) is 9.84. The molecule has 0 amide bonds. The normalized spacial score (nSPS) is 31.1. The molecule has 0 aromatic heterocycles. The van der Waals surface area contributed by atoms with Gasteiger partial charge in [0.1, 0.15) is 5.75 Å². The molecule has 0 spiro atoms. The minimum Gasteiger partial charge on any atom is -0.494 e. The molecular formula is C23H33N3O. The maximum atomic E-state index is 9.23. The number of benzene rings is 1. The predicted octanol–water partition coefficient (Wildman–Crippen LogP) is 3.72. The number of nitrogens with zero attached hydrogens (tertiary/aromatic N) is 2. The molecule has 4 heteroatoms. The van der Waals surface area contributed by atoms with E-state index < -0.39 is 0 Å². The molecule has 3 aliphatic heterocycles. The molecule has 1 N–H and O–H groups in total. The van der Waals surface area contributed by atoms with Gasteiger partial charge in [0, 0.05) is 44.1 Å². The van der Waals surface area contributed by atoms with E-state index in [0.717, 1.165) is 31.9 Å². The number of piperidine rings is 1. The van der Waals surface area contributed by atoms with Crippen LogP contribution >= 0.6 is 0 Å². The second kappa shape index (κ2) is 6.79. The second-order valence-corrected chi connectivity index (χ2v) is 9.84. The number of hydrogen-bond acceptors (Lipinski definition) is 4. The van der Waals surface area contributed by atoms with Crippen LogP contribution in [0.4, 0.5) is 0 Å². The fraction of sp³-hybridized carbons (Fsp3) is 0.696. The van der Waals surface area contributed by atoms with Crippen LogP contribution in [-0.4, -0.2) is 43.7 Å². The molecule has 0 radical (unpaired) electrons. The lowest BCUT2D eigenvalue weighted by Crippen LogP contribution is -2.56. The fourth-order valence-electron chi connectivity index (χ4n) is 5.52. The van der Waals surface area contributed by atoms with Gasteiger partial charge in [-0.05, 0) is 54.7 Å². The standard InChI is InChI=1S/C23H33N3O/c1-4-27-19-7-5-18(6-8-19)23-14-21(2,3)20(25-15-23)13-26(17-23)16-22(9-10-22)11-12-24/h5-8,20,25H,4,9-11,13-17H2,1-3H3/t20-,23-/m1/s1. The van der Waals surface area contributed by atoms with Crippen molar-refractivity contribution in [2.75, 3.05) is 32.8 Å². The highest BCUT2D eigenvalue weighted by Crippen LogP contribution is 2.51. The van der Waals surface area contributed by atoms with Crippen molar-refractivity contribution in [3.8, 4) is 11.8 Å². The number of ether oxygens (including phenoxy) is 1. The Balaban J connectivity index is 1.62. The van der Waals surface area contributed by atoms with Gasteiger partial charge in [-0.2, -0.15) is 5.26 Å². The first-order valence-corrected chi connectivity index (χ1v) is 10.5. The maximum absolute atomic E-state index is 9.23. The average Bonchev–Trinajstić information content (AvgIpc) is 3.40. The van der Waals surface area contributed by atoms with Gasteiger partial charge in [0.25, 0.3) is 0 Å². The zero-order valence-corrected chi connectivity index (χ0v) is 17.1. The van der Waals surface area contributed by atoms with Crippen LogP contribution in [-0.2, 0) is 5.41 Å². The monoisotopic (exact) mass is 367 g/mol. The Morgan fingerprint density at radius 3 is 2.59 bits per heavy atom. The quantitative estimate of drug-likeness (QED) is 0.832. The van der Waals surface area contributed by atoms with Crippen molar-refractivity contribution in [2.24, 2.45) is 10.8 Å². The minimum atomic E-state index is 0.129. The number of rotatable bonds is 6. The Morgan fingerprint density at radius 2 is 2.00 bits per heavy atom. The van der Waals surface area contributed by atoms with Gasteiger partial charge in [0.05, 0.1) is 12.7 Å². The zero-order valence-electron chi connectivity index (χ0n) is 17.1. The van der Waals surface area contributed by atoms with E-state index in [4.69, 9.17) is 4.74 Å². The third-order valence-corrected chi connectivity index (χ3v) is 7.14. The largest absolute Gasteiger partial charge is 0.494 e. The summed E-state index contributed by atoms with van der Waals surface area (Å²) in [7, 11) is 0. The van der Waals surface area contributed by atoms with Gasteiger partial charge >= 0.3 is 0 Å². The molecule has 1 aliphatic carbocycles. The first-order valence-electron chi connectivity index (χ1n) is 10.5. The lowest BCUT2D eigenvalue weighted by Gasteiger charge is -2.47. The van der Waals surface area contributed by atoms with Crippen molar-refractivity contribution in [3.63, 3.8) is 0 Å². The average molecular weight is 368 g/mol. The van der Waals surface area contributed by atoms with E-state index in [2.05, 4.69) is 54.4 Å². The molecular weight excluding hydrogens is 334 g/mol. The molecule has 0 unspecified atom stereocenters. The van der Waals surface area contributed by atoms with E-state index >= 15 is 0 Å². The van der Waals surface area contributed by atoms with Crippen molar-refractivity contribution in [3.05, 3.63) is 29.8 Å². The van der Waals surface area contributed by atoms with Crippen LogP contribution in [0.5, 0.6) is 5.75 Å². The highest BCUT2D eigenvalue weighted by molar-refractivity contribution is 5.35. The van der Waals surface area contributed by atoms with Crippen LogP contribution < -0.4 is 10.1 Å². The first-order chi connectivity index (χ1) is 12.9. The third kappa shape index (κ3) is 3.60. The van der Waals surface area contributed by atoms with E-state index in [1.54, 1.807) is 0 Å². The maximum Gasteiger partial charge on any atom is 0.119 e. The van der Waals surface area contributed by atoms with Crippen LogP contribution in [0.2, 0.25) is 0 Å². The van der Waals surface area contributed by atoms with Gasteiger partial charge in [-0.25, -0.2) is 0 Å². The van der Waals surface area contributed by atoms with Crippen molar-refractivity contribution in [1.29, 1.82) is 5.26 Å². The van der Waals surface area contributed by atoms with E-state index in [-0.39, 0.29) is 16.2 Å². The van der Waals surface area contributed by atoms with Crippen molar-refractivity contribution in [1.82, 2.24) is 10.2 Å². The Labute approximate surface area is 163 Å². The summed E-state index contributed by atoms with van der Waals surface area (Å²) in [6, 6.07) is 11.8. The molecule has 4 aliphatic rings. The Kier molecular flexibility index (Phi) is 4.72. The molecule has 4 fully saturated rings. The van der Waals surface area contributed by atoms with Crippen molar-refractivity contribution in [2.45, 2.75) is 57.9 Å². The summed E-state index contributed by atoms with van der Waals surface area (Å²) in [5.41, 5.74) is 2.08. The first kappa shape index (κ1) is 18.8. The number of fused-ring (bicyclic) bond motifs is 4. The van der Waals surface area contributed by atoms with Gasteiger partial charge < -0.3 is 15.0 Å².